The van der Waals surface area contributed by atoms with Crippen molar-refractivity contribution in [2.75, 3.05) is 0 Å². The van der Waals surface area contributed by atoms with E-state index in [0.29, 0.717) is 0 Å². The molecule has 0 aromatic carbocycles. The minimum atomic E-state index is -1.20. The van der Waals surface area contributed by atoms with Crippen LogP contribution in [0.3, 0.4) is 0 Å². The second-order valence-electron chi connectivity index (χ2n) is 4.19. The number of aromatic nitrogens is 1. The summed E-state index contributed by atoms with van der Waals surface area (Å²) in [5, 5.41) is 8.74. The normalized spacial score (nSPS) is 11.4. The maximum atomic E-state index is 11.1. The molecule has 0 atom stereocenters. The van der Waals surface area contributed by atoms with Crippen LogP contribution in [0.15, 0.2) is 17.1 Å². The molecule has 1 aromatic heterocycles. The number of H-pyrrole nitrogens is 1. The summed E-state index contributed by atoms with van der Waals surface area (Å²) in [7, 11) is 0. The van der Waals surface area contributed by atoms with E-state index in [4.69, 9.17) is 5.11 Å². The summed E-state index contributed by atoms with van der Waals surface area (Å²) in [6, 6.07) is 1.42. The van der Waals surface area contributed by atoms with Gasteiger partial charge in [0, 0.05) is 6.20 Å². The number of pyridine rings is 1. The Kier molecular flexibility index (Phi) is 2.47. The number of hydrogen-bond acceptors (Lipinski definition) is 2. The highest BCUT2D eigenvalue weighted by molar-refractivity contribution is 5.87. The molecule has 1 aromatic rings. The quantitative estimate of drug-likeness (QED) is 0.711. The Bertz CT molecular complexity index is 412. The SMILES string of the molecule is CC(C)(C)c1c[nH]c(=O)c(C(=O)O)c1. The van der Waals surface area contributed by atoms with Crippen molar-refractivity contribution in [1.82, 2.24) is 4.98 Å². The van der Waals surface area contributed by atoms with Crippen molar-refractivity contribution in [2.45, 2.75) is 26.2 Å². The number of rotatable bonds is 1. The Hall–Kier alpha value is -1.58. The second kappa shape index (κ2) is 3.29. The van der Waals surface area contributed by atoms with Crippen molar-refractivity contribution in [3.05, 3.63) is 33.7 Å². The highest BCUT2D eigenvalue weighted by Gasteiger charge is 2.17. The number of hydrogen-bond donors (Lipinski definition) is 2. The first-order valence-corrected chi connectivity index (χ1v) is 4.29. The Morgan fingerprint density at radius 3 is 2.43 bits per heavy atom. The fourth-order valence-corrected chi connectivity index (χ4v) is 1.08. The molecule has 0 radical (unpaired) electrons. The predicted molar refractivity (Wildman–Crippen MR) is 52.7 cm³/mol. The van der Waals surface area contributed by atoms with Crippen LogP contribution < -0.4 is 5.56 Å². The van der Waals surface area contributed by atoms with E-state index in [2.05, 4.69) is 4.98 Å². The molecule has 4 heteroatoms. The number of aromatic carboxylic acids is 1. The van der Waals surface area contributed by atoms with Crippen molar-refractivity contribution < 1.29 is 9.90 Å². The van der Waals surface area contributed by atoms with Crippen molar-refractivity contribution in [2.24, 2.45) is 0 Å². The summed E-state index contributed by atoms with van der Waals surface area (Å²) in [5.74, 6) is -1.20. The zero-order chi connectivity index (χ0) is 10.9. The zero-order valence-electron chi connectivity index (χ0n) is 8.42. The number of carbonyl (C=O) groups is 1. The smallest absolute Gasteiger partial charge is 0.341 e. The van der Waals surface area contributed by atoms with Crippen molar-refractivity contribution in [1.29, 1.82) is 0 Å². The zero-order valence-corrected chi connectivity index (χ0v) is 8.42. The number of carboxylic acids is 1. The average Bonchev–Trinajstić information content (AvgIpc) is 2.02. The van der Waals surface area contributed by atoms with Gasteiger partial charge < -0.3 is 10.1 Å². The van der Waals surface area contributed by atoms with Gasteiger partial charge >= 0.3 is 5.97 Å². The van der Waals surface area contributed by atoms with Gasteiger partial charge in [-0.1, -0.05) is 20.8 Å². The third-order valence-corrected chi connectivity index (χ3v) is 2.00. The fourth-order valence-electron chi connectivity index (χ4n) is 1.08. The maximum absolute atomic E-state index is 11.1. The van der Waals surface area contributed by atoms with Gasteiger partial charge in [-0.25, -0.2) is 4.79 Å². The van der Waals surface area contributed by atoms with Crippen LogP contribution in [0.2, 0.25) is 0 Å². The largest absolute Gasteiger partial charge is 0.477 e. The van der Waals surface area contributed by atoms with E-state index in [1.807, 2.05) is 20.8 Å². The molecule has 4 nitrogen and oxygen atoms in total. The molecule has 1 heterocycles. The molecule has 76 valence electrons. The summed E-state index contributed by atoms with van der Waals surface area (Å²) in [4.78, 5) is 24.2. The lowest BCUT2D eigenvalue weighted by Gasteiger charge is -2.18. The van der Waals surface area contributed by atoms with Crippen LogP contribution in [0.25, 0.3) is 0 Å². The standard InChI is InChI=1S/C10H13NO3/c1-10(2,3)6-4-7(9(13)14)8(12)11-5-6/h4-5H,1-3H3,(H,11,12)(H,13,14). The van der Waals surface area contributed by atoms with Crippen LogP contribution in [0, 0.1) is 0 Å². The molecule has 0 spiro atoms. The van der Waals surface area contributed by atoms with Gasteiger partial charge in [0.25, 0.3) is 5.56 Å². The number of aromatic amines is 1. The third-order valence-electron chi connectivity index (χ3n) is 2.00. The highest BCUT2D eigenvalue weighted by Crippen LogP contribution is 2.20. The summed E-state index contributed by atoms with van der Waals surface area (Å²) in [5.41, 5.74) is -0.147. The average molecular weight is 195 g/mol. The molecular formula is C10H13NO3. The molecule has 0 aliphatic carbocycles. The minimum Gasteiger partial charge on any atom is -0.477 e. The van der Waals surface area contributed by atoms with Crippen LogP contribution in [0.1, 0.15) is 36.7 Å². The van der Waals surface area contributed by atoms with Gasteiger partial charge in [-0.3, -0.25) is 4.79 Å². The van der Waals surface area contributed by atoms with Crippen molar-refractivity contribution in [3.8, 4) is 0 Å². The van der Waals surface area contributed by atoms with Crippen LogP contribution >= 0.6 is 0 Å². The van der Waals surface area contributed by atoms with E-state index in [1.54, 1.807) is 6.20 Å². The predicted octanol–water partition coefficient (Wildman–Crippen LogP) is 1.37. The molecule has 0 saturated heterocycles. The second-order valence-corrected chi connectivity index (χ2v) is 4.19. The van der Waals surface area contributed by atoms with E-state index >= 15 is 0 Å². The third kappa shape index (κ3) is 2.02. The topological polar surface area (TPSA) is 70.2 Å². The lowest BCUT2D eigenvalue weighted by Crippen LogP contribution is -2.21. The molecule has 14 heavy (non-hydrogen) atoms. The maximum Gasteiger partial charge on any atom is 0.341 e. The van der Waals surface area contributed by atoms with Gasteiger partial charge in [-0.05, 0) is 17.0 Å². The van der Waals surface area contributed by atoms with E-state index in [0.717, 1.165) is 5.56 Å². The van der Waals surface area contributed by atoms with Crippen molar-refractivity contribution in [3.63, 3.8) is 0 Å². The molecule has 0 aliphatic rings. The Morgan fingerprint density at radius 1 is 1.43 bits per heavy atom. The first-order valence-electron chi connectivity index (χ1n) is 4.29. The van der Waals surface area contributed by atoms with Gasteiger partial charge in [-0.15, -0.1) is 0 Å². The molecule has 0 fully saturated rings. The van der Waals surface area contributed by atoms with E-state index in [1.165, 1.54) is 6.07 Å². The summed E-state index contributed by atoms with van der Waals surface area (Å²) in [6.45, 7) is 5.85. The lowest BCUT2D eigenvalue weighted by molar-refractivity contribution is 0.0694. The summed E-state index contributed by atoms with van der Waals surface area (Å²) >= 11 is 0. The van der Waals surface area contributed by atoms with Gasteiger partial charge in [0.2, 0.25) is 0 Å². The van der Waals surface area contributed by atoms with Gasteiger partial charge in [0.15, 0.2) is 0 Å². The summed E-state index contributed by atoms with van der Waals surface area (Å²) in [6.07, 6.45) is 1.55. The van der Waals surface area contributed by atoms with Crippen LogP contribution in [-0.4, -0.2) is 16.1 Å². The van der Waals surface area contributed by atoms with E-state index < -0.39 is 11.5 Å². The lowest BCUT2D eigenvalue weighted by atomic mass is 9.87. The summed E-state index contributed by atoms with van der Waals surface area (Å²) < 4.78 is 0. The van der Waals surface area contributed by atoms with Gasteiger partial charge in [0.1, 0.15) is 5.56 Å². The molecule has 0 aliphatic heterocycles. The van der Waals surface area contributed by atoms with Crippen LogP contribution in [-0.2, 0) is 5.41 Å². The van der Waals surface area contributed by atoms with Gasteiger partial charge in [0.05, 0.1) is 0 Å². The number of nitrogens with one attached hydrogen (secondary N) is 1. The molecule has 0 amide bonds. The Balaban J connectivity index is 3.34. The van der Waals surface area contributed by atoms with Crippen molar-refractivity contribution >= 4 is 5.97 Å². The van der Waals surface area contributed by atoms with Crippen LogP contribution in [0.4, 0.5) is 0 Å². The highest BCUT2D eigenvalue weighted by atomic mass is 16.4. The molecule has 0 saturated carbocycles. The monoisotopic (exact) mass is 195 g/mol. The fraction of sp³-hybridized carbons (Fsp3) is 0.400. The molecule has 0 bridgehead atoms. The first kappa shape index (κ1) is 10.5. The van der Waals surface area contributed by atoms with E-state index in [9.17, 15) is 9.59 Å². The molecule has 2 N–H and O–H groups in total. The first-order chi connectivity index (χ1) is 6.32. The minimum absolute atomic E-state index is 0.172. The molecular weight excluding hydrogens is 182 g/mol. The Labute approximate surface area is 81.6 Å². The number of carboxylic acid groups (broad SMARTS) is 1. The molecule has 0 unspecified atom stereocenters. The van der Waals surface area contributed by atoms with Crippen LogP contribution in [0.5, 0.6) is 0 Å². The van der Waals surface area contributed by atoms with E-state index in [-0.39, 0.29) is 11.0 Å². The van der Waals surface area contributed by atoms with Gasteiger partial charge in [-0.2, -0.15) is 0 Å². The molecule has 1 rings (SSSR count). The Morgan fingerprint density at radius 2 is 2.00 bits per heavy atom.